The maximum absolute atomic E-state index is 10.6. The summed E-state index contributed by atoms with van der Waals surface area (Å²) in [6.45, 7) is 0.525. The van der Waals surface area contributed by atoms with E-state index in [0.29, 0.717) is 13.0 Å². The van der Waals surface area contributed by atoms with Gasteiger partial charge in [-0.05, 0) is 53.6 Å². The molecule has 0 atom stereocenters. The van der Waals surface area contributed by atoms with E-state index < -0.39 is 5.97 Å². The third-order valence-corrected chi connectivity index (χ3v) is 4.47. The van der Waals surface area contributed by atoms with Gasteiger partial charge in [0.15, 0.2) is 0 Å². The van der Waals surface area contributed by atoms with Gasteiger partial charge < -0.3 is 9.84 Å². The van der Waals surface area contributed by atoms with Crippen LogP contribution >= 0.6 is 0 Å². The molecule has 0 radical (unpaired) electrons. The standard InChI is InChI=1S/C24H24O3/c25-24(26)12-5-4-7-19-8-6-11-23(17-19)27-18-20-13-15-22(16-14-20)21-9-2-1-3-10-21/h1-3,6,8-11,13-17H,4-5,7,12,18H2,(H,25,26). The summed E-state index contributed by atoms with van der Waals surface area (Å²) in [5.74, 6) is 0.114. The molecule has 27 heavy (non-hydrogen) atoms. The van der Waals surface area contributed by atoms with Crippen LogP contribution < -0.4 is 4.74 Å². The van der Waals surface area contributed by atoms with Crippen LogP contribution in [-0.4, -0.2) is 11.1 Å². The van der Waals surface area contributed by atoms with Crippen molar-refractivity contribution >= 4 is 5.97 Å². The molecular formula is C24H24O3. The van der Waals surface area contributed by atoms with Gasteiger partial charge in [-0.3, -0.25) is 4.79 Å². The van der Waals surface area contributed by atoms with Gasteiger partial charge in [0, 0.05) is 6.42 Å². The van der Waals surface area contributed by atoms with Crippen LogP contribution in [0.4, 0.5) is 0 Å². The van der Waals surface area contributed by atoms with Gasteiger partial charge in [-0.15, -0.1) is 0 Å². The number of hydrogen-bond acceptors (Lipinski definition) is 2. The lowest BCUT2D eigenvalue weighted by Crippen LogP contribution is -1.97. The Bertz CT molecular complexity index is 854. The third kappa shape index (κ3) is 6.00. The molecule has 0 saturated carbocycles. The summed E-state index contributed by atoms with van der Waals surface area (Å²) in [5, 5.41) is 8.69. The van der Waals surface area contributed by atoms with Gasteiger partial charge in [-0.1, -0.05) is 66.7 Å². The fourth-order valence-electron chi connectivity index (χ4n) is 2.99. The molecule has 0 heterocycles. The third-order valence-electron chi connectivity index (χ3n) is 4.47. The fourth-order valence-corrected chi connectivity index (χ4v) is 2.99. The summed E-state index contributed by atoms with van der Waals surface area (Å²) in [4.78, 5) is 10.6. The lowest BCUT2D eigenvalue weighted by Gasteiger charge is -2.09. The van der Waals surface area contributed by atoms with Crippen LogP contribution in [0.25, 0.3) is 11.1 Å². The number of aryl methyl sites for hydroxylation is 1. The highest BCUT2D eigenvalue weighted by atomic mass is 16.5. The minimum absolute atomic E-state index is 0.231. The zero-order chi connectivity index (χ0) is 18.9. The lowest BCUT2D eigenvalue weighted by molar-refractivity contribution is -0.137. The Labute approximate surface area is 160 Å². The van der Waals surface area contributed by atoms with Crippen LogP contribution in [0, 0.1) is 0 Å². The van der Waals surface area contributed by atoms with Crippen LogP contribution in [0.3, 0.4) is 0 Å². The van der Waals surface area contributed by atoms with E-state index in [0.717, 1.165) is 24.2 Å². The Kier molecular flexibility index (Phi) is 6.64. The highest BCUT2D eigenvalue weighted by molar-refractivity contribution is 5.66. The summed E-state index contributed by atoms with van der Waals surface area (Å²) in [6.07, 6.45) is 2.68. The van der Waals surface area contributed by atoms with Crippen molar-refractivity contribution in [1.82, 2.24) is 0 Å². The molecule has 0 spiro atoms. The molecule has 3 aromatic carbocycles. The molecule has 0 aliphatic heterocycles. The minimum Gasteiger partial charge on any atom is -0.489 e. The van der Waals surface area contributed by atoms with Gasteiger partial charge >= 0.3 is 5.97 Å². The van der Waals surface area contributed by atoms with Crippen molar-refractivity contribution in [2.45, 2.75) is 32.3 Å². The first-order valence-electron chi connectivity index (χ1n) is 9.28. The maximum Gasteiger partial charge on any atom is 0.303 e. The van der Waals surface area contributed by atoms with Crippen LogP contribution in [0.15, 0.2) is 78.9 Å². The summed E-state index contributed by atoms with van der Waals surface area (Å²) in [5.41, 5.74) is 4.71. The Morgan fingerprint density at radius 2 is 1.52 bits per heavy atom. The van der Waals surface area contributed by atoms with Crippen molar-refractivity contribution < 1.29 is 14.6 Å². The second-order valence-electron chi connectivity index (χ2n) is 6.60. The van der Waals surface area contributed by atoms with Crippen molar-refractivity contribution in [1.29, 1.82) is 0 Å². The van der Waals surface area contributed by atoms with Gasteiger partial charge in [0.2, 0.25) is 0 Å². The zero-order valence-corrected chi connectivity index (χ0v) is 15.3. The Morgan fingerprint density at radius 3 is 2.26 bits per heavy atom. The van der Waals surface area contributed by atoms with Gasteiger partial charge in [0.1, 0.15) is 12.4 Å². The molecule has 0 bridgehead atoms. The summed E-state index contributed by atoms with van der Waals surface area (Å²) in [6, 6.07) is 26.8. The molecule has 0 aliphatic rings. The van der Waals surface area contributed by atoms with Crippen molar-refractivity contribution in [3.8, 4) is 16.9 Å². The van der Waals surface area contributed by atoms with Crippen molar-refractivity contribution in [3.05, 3.63) is 90.0 Å². The van der Waals surface area contributed by atoms with Crippen molar-refractivity contribution in [3.63, 3.8) is 0 Å². The van der Waals surface area contributed by atoms with E-state index in [2.05, 4.69) is 42.5 Å². The molecule has 3 heteroatoms. The van der Waals surface area contributed by atoms with E-state index in [4.69, 9.17) is 9.84 Å². The van der Waals surface area contributed by atoms with Crippen LogP contribution in [0.2, 0.25) is 0 Å². The average Bonchev–Trinajstić information content (AvgIpc) is 2.71. The molecular weight excluding hydrogens is 336 g/mol. The molecule has 0 amide bonds. The average molecular weight is 360 g/mol. The fraction of sp³-hybridized carbons (Fsp3) is 0.208. The maximum atomic E-state index is 10.6. The van der Waals surface area contributed by atoms with E-state index >= 15 is 0 Å². The molecule has 138 valence electrons. The van der Waals surface area contributed by atoms with Crippen LogP contribution in [0.1, 0.15) is 30.4 Å². The molecule has 0 aromatic heterocycles. The van der Waals surface area contributed by atoms with E-state index in [1.165, 1.54) is 16.7 Å². The first kappa shape index (κ1) is 18.7. The van der Waals surface area contributed by atoms with Gasteiger partial charge in [-0.2, -0.15) is 0 Å². The summed E-state index contributed by atoms with van der Waals surface area (Å²) >= 11 is 0. The number of hydrogen-bond donors (Lipinski definition) is 1. The highest BCUT2D eigenvalue weighted by Crippen LogP contribution is 2.21. The molecule has 1 N–H and O–H groups in total. The predicted molar refractivity (Wildman–Crippen MR) is 108 cm³/mol. The number of carboxylic acids is 1. The van der Waals surface area contributed by atoms with E-state index in [1.807, 2.05) is 36.4 Å². The Hall–Kier alpha value is -3.07. The van der Waals surface area contributed by atoms with Gasteiger partial charge in [-0.25, -0.2) is 0 Å². The lowest BCUT2D eigenvalue weighted by atomic mass is 10.0. The van der Waals surface area contributed by atoms with E-state index in [1.54, 1.807) is 0 Å². The Balaban J connectivity index is 1.52. The zero-order valence-electron chi connectivity index (χ0n) is 15.3. The molecule has 3 nitrogen and oxygen atoms in total. The largest absolute Gasteiger partial charge is 0.489 e. The monoisotopic (exact) mass is 360 g/mol. The second-order valence-corrected chi connectivity index (χ2v) is 6.60. The van der Waals surface area contributed by atoms with Gasteiger partial charge in [0.25, 0.3) is 0 Å². The van der Waals surface area contributed by atoms with Crippen molar-refractivity contribution in [2.24, 2.45) is 0 Å². The number of carboxylic acid groups (broad SMARTS) is 1. The smallest absolute Gasteiger partial charge is 0.303 e. The van der Waals surface area contributed by atoms with Crippen LogP contribution in [0.5, 0.6) is 5.75 Å². The molecule has 0 saturated heterocycles. The molecule has 0 unspecified atom stereocenters. The quantitative estimate of drug-likeness (QED) is 0.496. The minimum atomic E-state index is -0.731. The molecule has 3 aromatic rings. The second kappa shape index (κ2) is 9.58. The number of benzene rings is 3. The molecule has 3 rings (SSSR count). The Morgan fingerprint density at radius 1 is 0.778 bits per heavy atom. The SMILES string of the molecule is O=C(O)CCCCc1cccc(OCc2ccc(-c3ccccc3)cc2)c1. The number of ether oxygens (including phenoxy) is 1. The molecule has 0 fully saturated rings. The van der Waals surface area contributed by atoms with E-state index in [9.17, 15) is 4.79 Å². The number of unbranched alkanes of at least 4 members (excludes halogenated alkanes) is 1. The molecule has 0 aliphatic carbocycles. The topological polar surface area (TPSA) is 46.5 Å². The highest BCUT2D eigenvalue weighted by Gasteiger charge is 2.02. The van der Waals surface area contributed by atoms with Gasteiger partial charge in [0.05, 0.1) is 0 Å². The summed E-state index contributed by atoms with van der Waals surface area (Å²) < 4.78 is 5.93. The first-order valence-corrected chi connectivity index (χ1v) is 9.28. The number of aliphatic carboxylic acids is 1. The number of rotatable bonds is 9. The first-order chi connectivity index (χ1) is 13.2. The predicted octanol–water partition coefficient (Wildman–Crippen LogP) is 5.73. The van der Waals surface area contributed by atoms with Crippen LogP contribution in [-0.2, 0) is 17.8 Å². The summed E-state index contributed by atoms with van der Waals surface area (Å²) in [7, 11) is 0. The normalized spacial score (nSPS) is 10.5. The van der Waals surface area contributed by atoms with E-state index in [-0.39, 0.29) is 6.42 Å². The van der Waals surface area contributed by atoms with Crippen molar-refractivity contribution in [2.75, 3.05) is 0 Å². The number of carbonyl (C=O) groups is 1.